The first-order valence-electron chi connectivity index (χ1n) is 16.9. The zero-order chi connectivity index (χ0) is 29.7. The monoisotopic (exact) mass is 582 g/mol. The molecule has 0 rings (SSSR count). The highest BCUT2D eigenvalue weighted by Crippen LogP contribution is 2.25. The third-order valence-corrected chi connectivity index (χ3v) is 6.84. The molecule has 0 aromatic heterocycles. The molecule has 0 aliphatic rings. The molecule has 7 heteroatoms. The third-order valence-electron chi connectivity index (χ3n) is 6.84. The Labute approximate surface area is 244 Å². The van der Waals surface area contributed by atoms with E-state index in [9.17, 15) is 0 Å². The Morgan fingerprint density at radius 2 is 0.641 bits per heavy atom. The quantitative estimate of drug-likeness (QED) is 0.0540. The van der Waals surface area contributed by atoms with Crippen LogP contribution in [0.2, 0.25) is 0 Å². The normalized spacial score (nSPS) is 11.1. The molecule has 0 amide bonds. The van der Waals surface area contributed by atoms with Gasteiger partial charge in [0.15, 0.2) is 0 Å². The molecule has 39 heavy (non-hydrogen) atoms. The van der Waals surface area contributed by atoms with Crippen LogP contribution in [0.5, 0.6) is 0 Å². The first-order valence-corrected chi connectivity index (χ1v) is 18.5. The average molecular weight is 582 g/mol. The summed E-state index contributed by atoms with van der Waals surface area (Å²) in [7, 11) is -4.64. The van der Waals surface area contributed by atoms with Crippen molar-refractivity contribution in [1.29, 1.82) is 0 Å². The molecule has 0 aromatic carbocycles. The van der Waals surface area contributed by atoms with Crippen molar-refractivity contribution in [3.8, 4) is 0 Å². The highest BCUT2D eigenvalue weighted by molar-refractivity contribution is 7.45. The number of rotatable bonds is 28. The lowest BCUT2D eigenvalue weighted by molar-refractivity contribution is 0.125. The highest BCUT2D eigenvalue weighted by Gasteiger charge is 2.00. The van der Waals surface area contributed by atoms with Crippen LogP contribution in [0.4, 0.5) is 0 Å². The summed E-state index contributed by atoms with van der Waals surface area (Å²) in [6.45, 7) is 9.67. The number of hydrogen-bond acceptors (Lipinski definition) is 3. The molecule has 0 fully saturated rings. The van der Waals surface area contributed by atoms with Crippen molar-refractivity contribution in [2.75, 3.05) is 19.8 Å². The van der Waals surface area contributed by atoms with E-state index in [1.54, 1.807) is 0 Å². The van der Waals surface area contributed by atoms with Gasteiger partial charge in [-0.2, -0.15) is 0 Å². The van der Waals surface area contributed by atoms with E-state index in [2.05, 4.69) is 20.8 Å². The van der Waals surface area contributed by atoms with E-state index in [0.29, 0.717) is 0 Å². The second kappa shape index (κ2) is 40.2. The van der Waals surface area contributed by atoms with Crippen LogP contribution in [0.15, 0.2) is 0 Å². The van der Waals surface area contributed by atoms with Gasteiger partial charge in [-0.25, -0.2) is 4.57 Å². The Balaban J connectivity index is -0.000000755. The lowest BCUT2D eigenvalue weighted by Gasteiger charge is -2.05. The summed E-state index contributed by atoms with van der Waals surface area (Å²) in [6.07, 6.45) is 36.2. The fourth-order valence-corrected chi connectivity index (χ4v) is 4.41. The van der Waals surface area contributed by atoms with Crippen molar-refractivity contribution in [2.45, 2.75) is 188 Å². The molecule has 0 saturated heterocycles. The second-order valence-electron chi connectivity index (χ2n) is 11.0. The van der Waals surface area contributed by atoms with Crippen LogP contribution in [0.3, 0.4) is 0 Å². The van der Waals surface area contributed by atoms with E-state index in [0.717, 1.165) is 19.8 Å². The van der Waals surface area contributed by atoms with E-state index < -0.39 is 7.82 Å². The van der Waals surface area contributed by atoms with Gasteiger partial charge in [-0.05, 0) is 25.8 Å². The van der Waals surface area contributed by atoms with Crippen LogP contribution in [0.25, 0.3) is 0 Å². The molecule has 0 saturated carbocycles. The van der Waals surface area contributed by atoms with Crippen molar-refractivity contribution in [1.82, 2.24) is 0 Å². The molecule has 0 atom stereocenters. The van der Waals surface area contributed by atoms with Gasteiger partial charge >= 0.3 is 7.82 Å². The van der Waals surface area contributed by atoms with Gasteiger partial charge < -0.3 is 25.2 Å². The van der Waals surface area contributed by atoms with E-state index >= 15 is 0 Å². The molecule has 0 radical (unpaired) electrons. The van der Waals surface area contributed by atoms with Crippen molar-refractivity contribution in [3.05, 3.63) is 0 Å². The minimum atomic E-state index is -4.64. The van der Waals surface area contributed by atoms with Gasteiger partial charge in [0.2, 0.25) is 0 Å². The van der Waals surface area contributed by atoms with Crippen molar-refractivity contribution < 1.29 is 24.0 Å². The summed E-state index contributed by atoms with van der Waals surface area (Å²) >= 11 is 0. The highest BCUT2D eigenvalue weighted by atomic mass is 31.2. The molecular weight excluding hydrogens is 509 g/mol. The first-order chi connectivity index (χ1) is 18.8. The molecule has 240 valence electrons. The van der Waals surface area contributed by atoms with Gasteiger partial charge in [-0.1, -0.05) is 168 Å². The molecule has 5 N–H and O–H groups in total. The molecule has 0 aromatic rings. The topological polar surface area (TPSA) is 113 Å². The van der Waals surface area contributed by atoms with E-state index in [1.165, 1.54) is 167 Å². The van der Waals surface area contributed by atoms with Crippen LogP contribution in [-0.2, 0) is 9.30 Å². The minimum Gasteiger partial charge on any atom is -0.381 e. The number of unbranched alkanes of at least 4 members (excludes halogenated alkanes) is 23. The summed E-state index contributed by atoms with van der Waals surface area (Å²) in [5, 5.41) is 0. The fourth-order valence-electron chi connectivity index (χ4n) is 4.41. The predicted molar refractivity (Wildman–Crippen MR) is 171 cm³/mol. The van der Waals surface area contributed by atoms with Gasteiger partial charge in [0.25, 0.3) is 0 Å². The number of ether oxygens (including phenoxy) is 1. The molecule has 0 heterocycles. The Bertz CT molecular complexity index is 412. The summed E-state index contributed by atoms with van der Waals surface area (Å²) in [4.78, 5) is 21.6. The smallest absolute Gasteiger partial charge is 0.381 e. The molecule has 0 unspecified atom stereocenters. The zero-order valence-corrected chi connectivity index (χ0v) is 27.6. The lowest BCUT2D eigenvalue weighted by atomic mass is 10.1. The minimum absolute atomic E-state index is 0.867. The van der Waals surface area contributed by atoms with Crippen molar-refractivity contribution >= 4 is 7.82 Å². The van der Waals surface area contributed by atoms with Crippen molar-refractivity contribution in [2.24, 2.45) is 5.73 Å². The Morgan fingerprint density at radius 1 is 0.436 bits per heavy atom. The lowest BCUT2D eigenvalue weighted by Crippen LogP contribution is -1.97. The van der Waals surface area contributed by atoms with Gasteiger partial charge in [-0.3, -0.25) is 0 Å². The van der Waals surface area contributed by atoms with Gasteiger partial charge in [0.1, 0.15) is 0 Å². The first kappa shape index (κ1) is 43.5. The van der Waals surface area contributed by atoms with Gasteiger partial charge in [0.05, 0.1) is 0 Å². The number of phosphoric acid groups is 1. The Hall–Kier alpha value is 0.0300. The van der Waals surface area contributed by atoms with Gasteiger partial charge in [-0.15, -0.1) is 0 Å². The molecule has 6 nitrogen and oxygen atoms in total. The summed E-state index contributed by atoms with van der Waals surface area (Å²) < 4.78 is 14.7. The molecule has 0 aliphatic carbocycles. The molecular formula is C32H72NO5P. The number of hydrogen-bond donors (Lipinski definition) is 4. The average Bonchev–Trinajstić information content (AvgIpc) is 2.89. The zero-order valence-electron chi connectivity index (χ0n) is 26.7. The van der Waals surface area contributed by atoms with Crippen molar-refractivity contribution in [3.63, 3.8) is 0 Å². The van der Waals surface area contributed by atoms with Crippen LogP contribution >= 0.6 is 7.82 Å². The van der Waals surface area contributed by atoms with Gasteiger partial charge in [0, 0.05) is 13.2 Å². The fraction of sp³-hybridized carbons (Fsp3) is 1.00. The Morgan fingerprint density at radius 3 is 0.872 bits per heavy atom. The maximum atomic E-state index is 8.88. The summed E-state index contributed by atoms with van der Waals surface area (Å²) in [5.74, 6) is 0. The standard InChI is InChI=1S/C24H50O.C8H19N.H3O4P/c1-3-5-7-9-11-13-15-17-19-21-23-25-24-22-20-18-16-14-12-10-8-6-4-2;1-2-3-4-5-6-7-8-9;1-5(2,3)4/h3-24H2,1-2H3;2-9H2,1H3;(H3,1,2,3,4). The third kappa shape index (κ3) is 62.8. The summed E-state index contributed by atoms with van der Waals surface area (Å²) in [6, 6.07) is 0. The van der Waals surface area contributed by atoms with E-state index in [1.807, 2.05) is 0 Å². The van der Waals surface area contributed by atoms with E-state index in [-0.39, 0.29) is 0 Å². The predicted octanol–water partition coefficient (Wildman–Crippen LogP) is 10.2. The SMILES string of the molecule is CCCCCCCCCCCCOCCCCCCCCCCCC.CCCCCCCCN.O=P(O)(O)O. The van der Waals surface area contributed by atoms with E-state index in [4.69, 9.17) is 29.7 Å². The largest absolute Gasteiger partial charge is 0.466 e. The second-order valence-corrected chi connectivity index (χ2v) is 12.1. The molecule has 0 spiro atoms. The number of nitrogens with two attached hydrogens (primary N) is 1. The molecule has 0 aliphatic heterocycles. The van der Waals surface area contributed by atoms with Crippen LogP contribution in [0.1, 0.15) is 188 Å². The Kier molecular flexibility index (Phi) is 44.8. The van der Waals surface area contributed by atoms with Crippen LogP contribution in [-0.4, -0.2) is 34.4 Å². The van der Waals surface area contributed by atoms with Crippen LogP contribution < -0.4 is 5.73 Å². The van der Waals surface area contributed by atoms with Crippen LogP contribution in [0, 0.1) is 0 Å². The molecule has 0 bridgehead atoms. The maximum Gasteiger partial charge on any atom is 0.466 e. The summed E-state index contributed by atoms with van der Waals surface area (Å²) in [5.41, 5.74) is 5.34. The maximum absolute atomic E-state index is 8.88.